The molecule has 2 aliphatic rings. The first-order chi connectivity index (χ1) is 23.8. The van der Waals surface area contributed by atoms with Gasteiger partial charge in [0, 0.05) is 49.4 Å². The van der Waals surface area contributed by atoms with Crippen LogP contribution in [0.25, 0.3) is 5.69 Å². The van der Waals surface area contributed by atoms with Gasteiger partial charge in [-0.1, -0.05) is 63.1 Å². The molecule has 6 rings (SSSR count). The molecule has 12 heteroatoms. The van der Waals surface area contributed by atoms with E-state index in [0.29, 0.717) is 49.2 Å². The molecule has 2 fully saturated rings. The number of aromatic nitrogens is 2. The van der Waals surface area contributed by atoms with Gasteiger partial charge in [0.25, 0.3) is 15.9 Å². The molecule has 2 aromatic heterocycles. The molecule has 0 unspecified atom stereocenters. The number of nitrogens with one attached hydrogen (secondary N) is 2. The molecule has 3 amide bonds. The standard InChI is InChI=1S/C38H48N6O5S/c1-26-13-15-30(16-14-26)44-34(25-33(41-44)38(3,4)5)40-37(46)39-32-12-8-7-11-29(32)23-28-17-21-42(22-18-28)36(45)31-24-35(49-27(31)2)50(47,48)43-19-9-6-10-20-43/h7-8,11-16,24-25,28H,6,9-10,17-23H2,1-5H3,(H2,39,40,46). The number of anilines is 2. The van der Waals surface area contributed by atoms with Gasteiger partial charge in [-0.15, -0.1) is 0 Å². The van der Waals surface area contributed by atoms with E-state index in [2.05, 4.69) is 31.4 Å². The van der Waals surface area contributed by atoms with Gasteiger partial charge in [0.15, 0.2) is 0 Å². The summed E-state index contributed by atoms with van der Waals surface area (Å²) in [5.74, 6) is 1.00. The summed E-state index contributed by atoms with van der Waals surface area (Å²) in [6, 6.07) is 18.8. The molecule has 4 aromatic rings. The lowest BCUT2D eigenvalue weighted by Gasteiger charge is -2.32. The summed E-state index contributed by atoms with van der Waals surface area (Å²) in [5.41, 5.74) is 4.72. The fourth-order valence-electron chi connectivity index (χ4n) is 6.66. The number of carbonyl (C=O) groups excluding carboxylic acids is 2. The van der Waals surface area contributed by atoms with E-state index in [1.807, 2.05) is 61.5 Å². The summed E-state index contributed by atoms with van der Waals surface area (Å²) < 4.78 is 35.2. The van der Waals surface area contributed by atoms with Crippen LogP contribution in [0.4, 0.5) is 16.3 Å². The van der Waals surface area contributed by atoms with Crippen molar-refractivity contribution in [3.63, 3.8) is 0 Å². The lowest BCUT2D eigenvalue weighted by atomic mass is 9.89. The minimum atomic E-state index is -3.77. The van der Waals surface area contributed by atoms with Crippen molar-refractivity contribution in [1.82, 2.24) is 19.0 Å². The topological polar surface area (TPSA) is 130 Å². The molecule has 11 nitrogen and oxygen atoms in total. The zero-order valence-corrected chi connectivity index (χ0v) is 30.5. The highest BCUT2D eigenvalue weighted by Crippen LogP contribution is 2.30. The molecule has 0 atom stereocenters. The zero-order chi connectivity index (χ0) is 35.6. The Balaban J connectivity index is 1.08. The van der Waals surface area contributed by atoms with Gasteiger partial charge in [0.05, 0.1) is 16.9 Å². The molecule has 2 N–H and O–H groups in total. The molecule has 4 heterocycles. The lowest BCUT2D eigenvalue weighted by Crippen LogP contribution is -2.39. The number of para-hydroxylation sites is 1. The van der Waals surface area contributed by atoms with Crippen LogP contribution < -0.4 is 10.6 Å². The van der Waals surface area contributed by atoms with Crippen LogP contribution in [-0.2, 0) is 21.9 Å². The average Bonchev–Trinajstić information content (AvgIpc) is 3.71. The second kappa shape index (κ2) is 14.4. The first-order valence-corrected chi connectivity index (χ1v) is 19.0. The fourth-order valence-corrected chi connectivity index (χ4v) is 8.15. The molecule has 0 radical (unpaired) electrons. The number of aryl methyl sites for hydroxylation is 2. The van der Waals surface area contributed by atoms with Crippen molar-refractivity contribution in [2.24, 2.45) is 5.92 Å². The van der Waals surface area contributed by atoms with Crippen LogP contribution in [0.15, 0.2) is 70.2 Å². The Labute approximate surface area is 295 Å². The number of hydrogen-bond acceptors (Lipinski definition) is 6. The molecule has 0 spiro atoms. The van der Waals surface area contributed by atoms with E-state index in [9.17, 15) is 18.0 Å². The maximum atomic E-state index is 13.5. The number of urea groups is 1. The van der Waals surface area contributed by atoms with E-state index in [1.165, 1.54) is 10.4 Å². The van der Waals surface area contributed by atoms with E-state index >= 15 is 0 Å². The summed E-state index contributed by atoms with van der Waals surface area (Å²) in [7, 11) is -3.77. The average molecular weight is 701 g/mol. The zero-order valence-electron chi connectivity index (χ0n) is 29.7. The van der Waals surface area contributed by atoms with Gasteiger partial charge in [0.1, 0.15) is 11.6 Å². The molecule has 50 heavy (non-hydrogen) atoms. The predicted molar refractivity (Wildman–Crippen MR) is 194 cm³/mol. The van der Waals surface area contributed by atoms with Gasteiger partial charge in [-0.2, -0.15) is 9.40 Å². The summed E-state index contributed by atoms with van der Waals surface area (Å²) >= 11 is 0. The minimum Gasteiger partial charge on any atom is -0.448 e. The van der Waals surface area contributed by atoms with Crippen molar-refractivity contribution in [1.29, 1.82) is 0 Å². The van der Waals surface area contributed by atoms with E-state index in [4.69, 9.17) is 9.52 Å². The maximum absolute atomic E-state index is 13.5. The molecule has 2 saturated heterocycles. The number of piperidine rings is 2. The largest absolute Gasteiger partial charge is 0.448 e. The van der Waals surface area contributed by atoms with E-state index < -0.39 is 10.0 Å². The number of amides is 3. The smallest absolute Gasteiger partial charge is 0.324 e. The first kappa shape index (κ1) is 35.4. The number of rotatable bonds is 8. The highest BCUT2D eigenvalue weighted by molar-refractivity contribution is 7.89. The van der Waals surface area contributed by atoms with E-state index in [1.54, 1.807) is 16.5 Å². The molecule has 0 aliphatic carbocycles. The van der Waals surface area contributed by atoms with Crippen molar-refractivity contribution in [2.45, 2.75) is 83.7 Å². The van der Waals surface area contributed by atoms with E-state index in [0.717, 1.165) is 66.7 Å². The molecule has 2 aliphatic heterocycles. The Bertz CT molecular complexity index is 1940. The van der Waals surface area contributed by atoms with Gasteiger partial charge < -0.3 is 14.6 Å². The minimum absolute atomic E-state index is 0.155. The Morgan fingerprint density at radius 3 is 2.26 bits per heavy atom. The summed E-state index contributed by atoms with van der Waals surface area (Å²) in [6.45, 7) is 12.0. The predicted octanol–water partition coefficient (Wildman–Crippen LogP) is 7.29. The van der Waals surface area contributed by atoms with Gasteiger partial charge in [0.2, 0.25) is 5.09 Å². The fraction of sp³-hybridized carbons (Fsp3) is 0.447. The lowest BCUT2D eigenvalue weighted by molar-refractivity contribution is 0.0688. The van der Waals surface area contributed by atoms with Gasteiger partial charge in [-0.25, -0.2) is 17.9 Å². The number of benzene rings is 2. The molecule has 0 saturated carbocycles. The van der Waals surface area contributed by atoms with Crippen LogP contribution in [0, 0.1) is 19.8 Å². The van der Waals surface area contributed by atoms with Crippen molar-refractivity contribution in [3.8, 4) is 5.69 Å². The summed E-state index contributed by atoms with van der Waals surface area (Å²) in [6.07, 6.45) is 4.98. The monoisotopic (exact) mass is 700 g/mol. The SMILES string of the molecule is Cc1ccc(-n2nc(C(C)(C)C)cc2NC(=O)Nc2ccccc2CC2CCN(C(=O)c3cc(S(=O)(=O)N4CCCCC4)oc3C)CC2)cc1. The van der Waals surface area contributed by atoms with Gasteiger partial charge in [-0.3, -0.25) is 10.1 Å². The van der Waals surface area contributed by atoms with Crippen molar-refractivity contribution in [2.75, 3.05) is 36.8 Å². The Morgan fingerprint density at radius 1 is 0.900 bits per heavy atom. The number of hydrogen-bond donors (Lipinski definition) is 2. The van der Waals surface area contributed by atoms with Gasteiger partial charge >= 0.3 is 6.03 Å². The number of sulfonamides is 1. The number of furan rings is 1. The molecular weight excluding hydrogens is 653 g/mol. The van der Waals surface area contributed by atoms with Crippen LogP contribution in [0.3, 0.4) is 0 Å². The number of carbonyl (C=O) groups is 2. The van der Waals surface area contributed by atoms with Crippen LogP contribution in [0.2, 0.25) is 0 Å². The Morgan fingerprint density at radius 2 is 1.58 bits per heavy atom. The highest BCUT2D eigenvalue weighted by atomic mass is 32.2. The van der Waals surface area contributed by atoms with E-state index in [-0.39, 0.29) is 22.4 Å². The molecule has 266 valence electrons. The van der Waals surface area contributed by atoms with Crippen molar-refractivity contribution in [3.05, 3.63) is 88.8 Å². The molecular formula is C38H48N6O5S. The van der Waals surface area contributed by atoms with Crippen LogP contribution in [-0.4, -0.2) is 65.5 Å². The van der Waals surface area contributed by atoms with Crippen LogP contribution in [0.5, 0.6) is 0 Å². The number of nitrogens with zero attached hydrogens (tertiary/aromatic N) is 4. The number of likely N-dealkylation sites (tertiary alicyclic amines) is 1. The highest BCUT2D eigenvalue weighted by Gasteiger charge is 2.33. The third-order valence-electron chi connectivity index (χ3n) is 9.71. The quantitative estimate of drug-likeness (QED) is 0.199. The van der Waals surface area contributed by atoms with Crippen LogP contribution >= 0.6 is 0 Å². The Kier molecular flexibility index (Phi) is 10.2. The summed E-state index contributed by atoms with van der Waals surface area (Å²) in [4.78, 5) is 28.7. The summed E-state index contributed by atoms with van der Waals surface area (Å²) in [5, 5.41) is 10.7. The van der Waals surface area contributed by atoms with Crippen molar-refractivity contribution < 1.29 is 22.4 Å². The molecule has 2 aromatic carbocycles. The first-order valence-electron chi connectivity index (χ1n) is 17.5. The third-order valence-corrected chi connectivity index (χ3v) is 11.5. The van der Waals surface area contributed by atoms with Crippen LogP contribution in [0.1, 0.15) is 85.8 Å². The third kappa shape index (κ3) is 7.81. The molecule has 0 bridgehead atoms. The Hall–Kier alpha value is -4.42. The van der Waals surface area contributed by atoms with Gasteiger partial charge in [-0.05, 0) is 75.6 Å². The van der Waals surface area contributed by atoms with Crippen molar-refractivity contribution >= 4 is 33.5 Å². The normalized spacial score (nSPS) is 16.4. The second-order valence-electron chi connectivity index (χ2n) is 14.6. The second-order valence-corrected chi connectivity index (χ2v) is 16.5. The maximum Gasteiger partial charge on any atom is 0.324 e.